The van der Waals surface area contributed by atoms with Gasteiger partial charge in [-0.3, -0.25) is 0 Å². The molecular weight excluding hydrogens is 180 g/mol. The molecule has 0 aliphatic heterocycles. The van der Waals surface area contributed by atoms with E-state index in [0.29, 0.717) is 17.9 Å². The molecule has 1 aromatic rings. The lowest BCUT2D eigenvalue weighted by atomic mass is 10.1. The van der Waals surface area contributed by atoms with Gasteiger partial charge < -0.3 is 15.7 Å². The minimum Gasteiger partial charge on any atom is -0.478 e. The molecule has 0 fully saturated rings. The Labute approximate surface area is 82.9 Å². The van der Waals surface area contributed by atoms with Gasteiger partial charge in [0, 0.05) is 13.6 Å². The van der Waals surface area contributed by atoms with Gasteiger partial charge in [0.2, 0.25) is 0 Å². The number of carboxylic acids is 1. The smallest absolute Gasteiger partial charge is 0.337 e. The van der Waals surface area contributed by atoms with Crippen molar-refractivity contribution in [3.05, 3.63) is 23.8 Å². The van der Waals surface area contributed by atoms with E-state index in [1.807, 2.05) is 18.9 Å². The molecule has 0 aliphatic rings. The van der Waals surface area contributed by atoms with Crippen molar-refractivity contribution in [2.24, 2.45) is 0 Å². The fourth-order valence-corrected chi connectivity index (χ4v) is 1.32. The molecule has 76 valence electrons. The van der Waals surface area contributed by atoms with Crippen LogP contribution in [0.3, 0.4) is 0 Å². The van der Waals surface area contributed by atoms with Crippen LogP contribution in [0.15, 0.2) is 18.2 Å². The van der Waals surface area contributed by atoms with Gasteiger partial charge in [-0.2, -0.15) is 0 Å². The first-order chi connectivity index (χ1) is 6.57. The molecule has 3 N–H and O–H groups in total. The van der Waals surface area contributed by atoms with E-state index in [-0.39, 0.29) is 5.56 Å². The molecule has 0 spiro atoms. The Balaban J connectivity index is 3.29. The fraction of sp³-hybridized carbons (Fsp3) is 0.300. The summed E-state index contributed by atoms with van der Waals surface area (Å²) in [6.45, 7) is 2.66. The summed E-state index contributed by atoms with van der Waals surface area (Å²) in [7, 11) is 1.82. The Morgan fingerprint density at radius 2 is 2.21 bits per heavy atom. The Bertz CT molecular complexity index is 350. The van der Waals surface area contributed by atoms with Crippen molar-refractivity contribution in [1.29, 1.82) is 0 Å². The third-order valence-electron chi connectivity index (χ3n) is 2.15. The van der Waals surface area contributed by atoms with E-state index in [1.165, 1.54) is 0 Å². The number of carbonyl (C=O) groups is 1. The molecule has 4 nitrogen and oxygen atoms in total. The summed E-state index contributed by atoms with van der Waals surface area (Å²) in [5, 5.41) is 8.95. The van der Waals surface area contributed by atoms with Gasteiger partial charge >= 0.3 is 5.97 Å². The summed E-state index contributed by atoms with van der Waals surface area (Å²) in [6, 6.07) is 4.90. The van der Waals surface area contributed by atoms with Crippen LogP contribution in [-0.2, 0) is 0 Å². The van der Waals surface area contributed by atoms with Crippen molar-refractivity contribution in [2.45, 2.75) is 6.92 Å². The van der Waals surface area contributed by atoms with E-state index in [1.54, 1.807) is 18.2 Å². The van der Waals surface area contributed by atoms with Gasteiger partial charge in [0.25, 0.3) is 0 Å². The molecular formula is C10H14N2O2. The van der Waals surface area contributed by atoms with Crippen molar-refractivity contribution in [3.63, 3.8) is 0 Å². The number of carboxylic acid groups (broad SMARTS) is 1. The maximum Gasteiger partial charge on any atom is 0.337 e. The zero-order valence-electron chi connectivity index (χ0n) is 8.32. The van der Waals surface area contributed by atoms with Crippen molar-refractivity contribution in [3.8, 4) is 0 Å². The van der Waals surface area contributed by atoms with Crippen LogP contribution >= 0.6 is 0 Å². The van der Waals surface area contributed by atoms with Crippen LogP contribution < -0.4 is 10.6 Å². The van der Waals surface area contributed by atoms with Gasteiger partial charge in [-0.25, -0.2) is 4.79 Å². The van der Waals surface area contributed by atoms with E-state index >= 15 is 0 Å². The maximum atomic E-state index is 10.9. The highest BCUT2D eigenvalue weighted by Gasteiger charge is 2.14. The number of hydrogen-bond acceptors (Lipinski definition) is 3. The monoisotopic (exact) mass is 194 g/mol. The molecule has 0 bridgehead atoms. The van der Waals surface area contributed by atoms with Crippen LogP contribution in [0.2, 0.25) is 0 Å². The van der Waals surface area contributed by atoms with Crippen LogP contribution in [0, 0.1) is 0 Å². The molecule has 0 amide bonds. The van der Waals surface area contributed by atoms with Gasteiger partial charge in [-0.15, -0.1) is 0 Å². The van der Waals surface area contributed by atoms with Crippen LogP contribution in [0.25, 0.3) is 0 Å². The molecule has 14 heavy (non-hydrogen) atoms. The van der Waals surface area contributed by atoms with Gasteiger partial charge in [0.1, 0.15) is 0 Å². The summed E-state index contributed by atoms with van der Waals surface area (Å²) < 4.78 is 0. The molecule has 1 aromatic carbocycles. The average Bonchev–Trinajstić information content (AvgIpc) is 2.16. The number of rotatable bonds is 3. The predicted molar refractivity (Wildman–Crippen MR) is 56.8 cm³/mol. The molecule has 0 heterocycles. The molecule has 0 unspecified atom stereocenters. The first kappa shape index (κ1) is 10.4. The summed E-state index contributed by atoms with van der Waals surface area (Å²) in [5.41, 5.74) is 7.06. The second-order valence-electron chi connectivity index (χ2n) is 3.06. The molecule has 0 saturated heterocycles. The number of para-hydroxylation sites is 1. The summed E-state index contributed by atoms with van der Waals surface area (Å²) in [6.07, 6.45) is 0. The summed E-state index contributed by atoms with van der Waals surface area (Å²) in [5.74, 6) is -0.951. The first-order valence-electron chi connectivity index (χ1n) is 4.40. The number of anilines is 2. The largest absolute Gasteiger partial charge is 0.478 e. The van der Waals surface area contributed by atoms with Crippen molar-refractivity contribution >= 4 is 17.3 Å². The van der Waals surface area contributed by atoms with Crippen molar-refractivity contribution in [1.82, 2.24) is 0 Å². The predicted octanol–water partition coefficient (Wildman–Crippen LogP) is 1.42. The lowest BCUT2D eigenvalue weighted by Crippen LogP contribution is -2.20. The zero-order valence-corrected chi connectivity index (χ0v) is 8.32. The average molecular weight is 194 g/mol. The summed E-state index contributed by atoms with van der Waals surface area (Å²) in [4.78, 5) is 12.7. The van der Waals surface area contributed by atoms with Gasteiger partial charge in [0.05, 0.1) is 16.9 Å². The SMILES string of the molecule is CCN(C)c1c(N)cccc1C(=O)O. The topological polar surface area (TPSA) is 66.6 Å². The molecule has 0 radical (unpaired) electrons. The minimum absolute atomic E-state index is 0.245. The van der Waals surface area contributed by atoms with Crippen LogP contribution in [0.4, 0.5) is 11.4 Å². The van der Waals surface area contributed by atoms with Crippen LogP contribution in [-0.4, -0.2) is 24.7 Å². The number of nitrogens with zero attached hydrogens (tertiary/aromatic N) is 1. The fourth-order valence-electron chi connectivity index (χ4n) is 1.32. The third kappa shape index (κ3) is 1.79. The van der Waals surface area contributed by atoms with E-state index in [2.05, 4.69) is 0 Å². The van der Waals surface area contributed by atoms with Gasteiger partial charge in [-0.05, 0) is 19.1 Å². The van der Waals surface area contributed by atoms with Crippen molar-refractivity contribution in [2.75, 3.05) is 24.2 Å². The Hall–Kier alpha value is -1.71. The zero-order chi connectivity index (χ0) is 10.7. The number of aromatic carboxylic acids is 1. The third-order valence-corrected chi connectivity index (χ3v) is 2.15. The first-order valence-corrected chi connectivity index (χ1v) is 4.40. The van der Waals surface area contributed by atoms with E-state index in [0.717, 1.165) is 0 Å². The maximum absolute atomic E-state index is 10.9. The van der Waals surface area contributed by atoms with Crippen LogP contribution in [0.5, 0.6) is 0 Å². The highest BCUT2D eigenvalue weighted by atomic mass is 16.4. The second-order valence-corrected chi connectivity index (χ2v) is 3.06. The molecule has 4 heteroatoms. The van der Waals surface area contributed by atoms with Crippen LogP contribution in [0.1, 0.15) is 17.3 Å². The van der Waals surface area contributed by atoms with Crippen molar-refractivity contribution < 1.29 is 9.90 Å². The van der Waals surface area contributed by atoms with E-state index < -0.39 is 5.97 Å². The normalized spacial score (nSPS) is 9.86. The number of nitrogens with two attached hydrogens (primary N) is 1. The molecule has 1 rings (SSSR count). The van der Waals surface area contributed by atoms with E-state index in [4.69, 9.17) is 10.8 Å². The molecule has 0 saturated carbocycles. The summed E-state index contributed by atoms with van der Waals surface area (Å²) >= 11 is 0. The Morgan fingerprint density at radius 3 is 2.71 bits per heavy atom. The highest BCUT2D eigenvalue weighted by Crippen LogP contribution is 2.26. The van der Waals surface area contributed by atoms with Gasteiger partial charge in [-0.1, -0.05) is 6.07 Å². The Kier molecular flexibility index (Phi) is 2.96. The second kappa shape index (κ2) is 4.00. The standard InChI is InChI=1S/C10H14N2O2/c1-3-12(2)9-7(10(13)14)5-4-6-8(9)11/h4-6H,3,11H2,1-2H3,(H,13,14). The number of benzene rings is 1. The molecule has 0 atom stereocenters. The van der Waals surface area contributed by atoms with Gasteiger partial charge in [0.15, 0.2) is 0 Å². The quantitative estimate of drug-likeness (QED) is 0.714. The number of hydrogen-bond donors (Lipinski definition) is 2. The lowest BCUT2D eigenvalue weighted by molar-refractivity contribution is 0.0697. The molecule has 0 aliphatic carbocycles. The van der Waals surface area contributed by atoms with E-state index in [9.17, 15) is 4.79 Å². The minimum atomic E-state index is -0.951. The molecule has 0 aromatic heterocycles. The lowest BCUT2D eigenvalue weighted by Gasteiger charge is -2.20. The Morgan fingerprint density at radius 1 is 1.57 bits per heavy atom. The highest BCUT2D eigenvalue weighted by molar-refractivity contribution is 5.97. The number of nitrogen functional groups attached to an aromatic ring is 1.